The molecule has 24 rings (SSSR count). The van der Waals surface area contributed by atoms with Gasteiger partial charge in [0.1, 0.15) is 0 Å². The van der Waals surface area contributed by atoms with Gasteiger partial charge in [-0.05, 0) is 294 Å². The first-order valence-corrected chi connectivity index (χ1v) is 41.8. The summed E-state index contributed by atoms with van der Waals surface area (Å²) in [6.07, 6.45) is 0. The monoisotopic (exact) mass is 1520 g/mol. The van der Waals surface area contributed by atoms with Crippen molar-refractivity contribution in [3.8, 4) is 55.6 Å². The van der Waals surface area contributed by atoms with Gasteiger partial charge in [-0.25, -0.2) is 0 Å². The summed E-state index contributed by atoms with van der Waals surface area (Å²) in [6.45, 7) is 6.96. The average molecular weight is 1530 g/mol. The van der Waals surface area contributed by atoms with E-state index in [4.69, 9.17) is 0 Å². The molecule has 1 aliphatic rings. The highest BCUT2D eigenvalue weighted by atomic mass is 15.1. The molecule has 0 fully saturated rings. The molecule has 0 unspecified atom stereocenters. The molecule has 23 aromatic carbocycles. The van der Waals surface area contributed by atoms with Crippen molar-refractivity contribution in [3.63, 3.8) is 0 Å². The second kappa shape index (κ2) is 28.3. The topological polar surface area (TPSA) is 6.48 Å². The van der Waals surface area contributed by atoms with E-state index in [0.29, 0.717) is 0 Å². The van der Waals surface area contributed by atoms with Crippen LogP contribution in [0, 0.1) is 6.92 Å². The molecule has 0 aromatic heterocycles. The van der Waals surface area contributed by atoms with Crippen LogP contribution in [-0.2, 0) is 5.41 Å². The molecule has 0 aliphatic heterocycles. The first-order valence-electron chi connectivity index (χ1n) is 41.8. The molecule has 2 heteroatoms. The average Bonchev–Trinajstić information content (AvgIpc) is 1.37. The van der Waals surface area contributed by atoms with Crippen LogP contribution in [0.1, 0.15) is 30.5 Å². The molecule has 2 nitrogen and oxygen atoms in total. The molecule has 562 valence electrons. The number of benzene rings is 23. The summed E-state index contributed by atoms with van der Waals surface area (Å²) in [4.78, 5) is 4.88. The SMILES string of the molecule is Cc1ccc2c(-c3cc4ccccc4c4ccccc34)c3ccccc3c(-c3cccc4c3-c3ccccc3C4(C)C)c2c1.c1ccc2cc(-c3c4ccc(N(c5ccc6ccccc6c5)c5ccc6ccccc6c5)cc4c(-c4ccc5ccccc5c4)c4ccc(N(c5ccc6ccccc6c5)c5ccc6ccccc6c5)cc34)ccc2c1. The lowest BCUT2D eigenvalue weighted by Gasteiger charge is -2.29. The fourth-order valence-electron chi connectivity index (χ4n) is 20.0. The molecule has 1 aliphatic carbocycles. The Hall–Kier alpha value is -15.2. The Labute approximate surface area is 697 Å². The minimum absolute atomic E-state index is 0.0482. The van der Waals surface area contributed by atoms with Crippen LogP contribution in [-0.4, -0.2) is 0 Å². The first-order chi connectivity index (χ1) is 59.1. The normalized spacial score (nSPS) is 12.4. The van der Waals surface area contributed by atoms with Crippen LogP contribution in [0.4, 0.5) is 34.1 Å². The van der Waals surface area contributed by atoms with Gasteiger partial charge in [-0.1, -0.05) is 359 Å². The predicted molar refractivity (Wildman–Crippen MR) is 516 cm³/mol. The highest BCUT2D eigenvalue weighted by Crippen LogP contribution is 2.57. The number of fused-ring (bicyclic) bond motifs is 16. The summed E-state index contributed by atoms with van der Waals surface area (Å²) in [7, 11) is 0. The molecule has 0 amide bonds. The lowest BCUT2D eigenvalue weighted by Crippen LogP contribution is -2.14. The van der Waals surface area contributed by atoms with Gasteiger partial charge in [0, 0.05) is 39.5 Å². The summed E-state index contributed by atoms with van der Waals surface area (Å²) < 4.78 is 0. The molecule has 120 heavy (non-hydrogen) atoms. The highest BCUT2D eigenvalue weighted by Gasteiger charge is 2.37. The number of nitrogens with zero attached hydrogens (tertiary/aromatic N) is 2. The Bertz CT molecular complexity index is 7720. The van der Waals surface area contributed by atoms with Gasteiger partial charge in [0.2, 0.25) is 0 Å². The second-order valence-electron chi connectivity index (χ2n) is 33.1. The van der Waals surface area contributed by atoms with Crippen molar-refractivity contribution in [1.29, 1.82) is 0 Å². The fraction of sp³-hybridized carbons (Fsp3) is 0.0339. The number of hydrogen-bond acceptors (Lipinski definition) is 2. The quantitative estimate of drug-likeness (QED) is 0.0995. The lowest BCUT2D eigenvalue weighted by molar-refractivity contribution is 0.660. The molecule has 0 radical (unpaired) electrons. The molecule has 0 heterocycles. The van der Waals surface area contributed by atoms with Gasteiger partial charge in [0.25, 0.3) is 0 Å². The van der Waals surface area contributed by atoms with E-state index >= 15 is 0 Å². The van der Waals surface area contributed by atoms with E-state index < -0.39 is 0 Å². The Morgan fingerprint density at radius 1 is 0.167 bits per heavy atom. The first kappa shape index (κ1) is 70.2. The third-order valence-electron chi connectivity index (χ3n) is 25.7. The molecular formula is C118H80N2. The minimum atomic E-state index is -0.0482. The van der Waals surface area contributed by atoms with Crippen LogP contribution < -0.4 is 9.80 Å². The Balaban J connectivity index is 0.000000162. The van der Waals surface area contributed by atoms with Crippen LogP contribution in [0.2, 0.25) is 0 Å². The van der Waals surface area contributed by atoms with E-state index in [1.165, 1.54) is 202 Å². The molecule has 0 spiro atoms. The maximum atomic E-state index is 2.46. The highest BCUT2D eigenvalue weighted by molar-refractivity contribution is 6.28. The summed E-state index contributed by atoms with van der Waals surface area (Å²) in [5.41, 5.74) is 23.4. The Kier molecular flexibility index (Phi) is 16.6. The Morgan fingerprint density at radius 3 is 0.942 bits per heavy atom. The van der Waals surface area contributed by atoms with Crippen molar-refractivity contribution in [3.05, 3.63) is 447 Å². The zero-order chi connectivity index (χ0) is 79.7. The number of hydrogen-bond donors (Lipinski definition) is 0. The van der Waals surface area contributed by atoms with Crippen LogP contribution in [0.3, 0.4) is 0 Å². The van der Waals surface area contributed by atoms with Crippen molar-refractivity contribution < 1.29 is 0 Å². The van der Waals surface area contributed by atoms with Crippen molar-refractivity contribution in [1.82, 2.24) is 0 Å². The van der Waals surface area contributed by atoms with Crippen molar-refractivity contribution in [2.24, 2.45) is 0 Å². The minimum Gasteiger partial charge on any atom is -0.310 e. The van der Waals surface area contributed by atoms with E-state index in [1.54, 1.807) is 0 Å². The molecule has 0 saturated carbocycles. The summed E-state index contributed by atoms with van der Waals surface area (Å²) in [5.74, 6) is 0. The number of aryl methyl sites for hydroxylation is 1. The number of anilines is 6. The largest absolute Gasteiger partial charge is 0.310 e. The van der Waals surface area contributed by atoms with Gasteiger partial charge in [-0.2, -0.15) is 0 Å². The smallest absolute Gasteiger partial charge is 0.0468 e. The van der Waals surface area contributed by atoms with Gasteiger partial charge in [0.05, 0.1) is 0 Å². The molecule has 0 saturated heterocycles. The molecule has 0 N–H and O–H groups in total. The second-order valence-corrected chi connectivity index (χ2v) is 33.1. The molecular weight excluding hydrogens is 1450 g/mol. The molecule has 0 bridgehead atoms. The van der Waals surface area contributed by atoms with Gasteiger partial charge in [-0.15, -0.1) is 0 Å². The number of rotatable bonds is 10. The fourth-order valence-corrected chi connectivity index (χ4v) is 20.0. The molecule has 23 aromatic rings. The summed E-state index contributed by atoms with van der Waals surface area (Å²) in [5, 5.41) is 29.6. The zero-order valence-corrected chi connectivity index (χ0v) is 66.9. The van der Waals surface area contributed by atoms with E-state index in [1.807, 2.05) is 0 Å². The standard InChI is InChI=1S/C74H48N2.C44H32/c1-7-19-55-41-61(27-25-49(55)13-1)73-69-39-37-68(76(65-35-31-53-17-5-11-23-59(53)45-65)66-36-32-54-18-6-12-24-60(54)46-66)48-72(69)74(62-28-26-50-14-2-8-20-56(50)42-62)70-40-38-67(47-71(70)73)75(63-33-29-51-15-3-9-21-57(51)43-63)64-34-30-52-16-4-10-22-58(52)44-64;1-27-23-24-34-37(25-27)42(36-20-12-22-40-43(36)35-19-10-11-21-39(35)44(40,2)3)33-18-9-8-17-32(33)41(34)38-26-28-13-4-5-14-29(28)30-15-6-7-16-31(30)38/h1-48H;4-26H,1-3H3. The lowest BCUT2D eigenvalue weighted by atomic mass is 9.80. The molecule has 0 atom stereocenters. The maximum Gasteiger partial charge on any atom is 0.0468 e. The van der Waals surface area contributed by atoms with Gasteiger partial charge >= 0.3 is 0 Å². The van der Waals surface area contributed by atoms with Gasteiger partial charge in [0.15, 0.2) is 0 Å². The van der Waals surface area contributed by atoms with Crippen molar-refractivity contribution in [2.45, 2.75) is 26.2 Å². The maximum absolute atomic E-state index is 2.46. The van der Waals surface area contributed by atoms with Crippen molar-refractivity contribution in [2.75, 3.05) is 9.80 Å². The van der Waals surface area contributed by atoms with E-state index in [9.17, 15) is 0 Å². The van der Waals surface area contributed by atoms with E-state index in [2.05, 4.69) is 461 Å². The van der Waals surface area contributed by atoms with E-state index in [0.717, 1.165) is 34.1 Å². The van der Waals surface area contributed by atoms with Crippen LogP contribution >= 0.6 is 0 Å². The van der Waals surface area contributed by atoms with Crippen LogP contribution in [0.15, 0.2) is 431 Å². The van der Waals surface area contributed by atoms with Gasteiger partial charge in [-0.3, -0.25) is 0 Å². The summed E-state index contributed by atoms with van der Waals surface area (Å²) in [6, 6.07) is 160. The van der Waals surface area contributed by atoms with Gasteiger partial charge < -0.3 is 9.80 Å². The summed E-state index contributed by atoms with van der Waals surface area (Å²) >= 11 is 0. The van der Waals surface area contributed by atoms with Crippen molar-refractivity contribution >= 4 is 163 Å². The van der Waals surface area contributed by atoms with Crippen LogP contribution in [0.5, 0.6) is 0 Å². The zero-order valence-electron chi connectivity index (χ0n) is 66.9. The third kappa shape index (κ3) is 11.7. The van der Waals surface area contributed by atoms with Crippen LogP contribution in [0.25, 0.3) is 185 Å². The third-order valence-corrected chi connectivity index (χ3v) is 25.7. The Morgan fingerprint density at radius 2 is 0.475 bits per heavy atom. The van der Waals surface area contributed by atoms with E-state index in [-0.39, 0.29) is 5.41 Å². The predicted octanol–water partition coefficient (Wildman–Crippen LogP) is 33.4.